The van der Waals surface area contributed by atoms with Crippen LogP contribution in [0, 0.1) is 0 Å². The van der Waals surface area contributed by atoms with Crippen LogP contribution in [-0.4, -0.2) is 38.1 Å². The first-order valence-corrected chi connectivity index (χ1v) is 9.74. The number of ether oxygens (including phenoxy) is 2. The van der Waals surface area contributed by atoms with Gasteiger partial charge in [0.25, 0.3) is 5.91 Å². The lowest BCUT2D eigenvalue weighted by Crippen LogP contribution is -2.30. The number of rotatable bonds is 10. The van der Waals surface area contributed by atoms with Gasteiger partial charge in [0, 0.05) is 24.2 Å². The van der Waals surface area contributed by atoms with Gasteiger partial charge in [0.1, 0.15) is 11.5 Å². The maximum Gasteiger partial charge on any atom is 0.258 e. The monoisotopic (exact) mass is 394 g/mol. The summed E-state index contributed by atoms with van der Waals surface area (Å²) in [6.07, 6.45) is 6.07. The summed E-state index contributed by atoms with van der Waals surface area (Å²) in [5.74, 6) is 1.14. The molecule has 1 aliphatic rings. The topological polar surface area (TPSA) is 76.7 Å². The summed E-state index contributed by atoms with van der Waals surface area (Å²) in [4.78, 5) is 23.6. The summed E-state index contributed by atoms with van der Waals surface area (Å²) in [6.45, 7) is 0.559. The van der Waals surface area contributed by atoms with Gasteiger partial charge in [0.15, 0.2) is 6.61 Å². The van der Waals surface area contributed by atoms with E-state index in [1.165, 1.54) is 6.08 Å². The SMILES string of the molecule is COc1ccccc1/C=C/C(=O)NCCc1ccc(OCC(=O)NC2CC2)cc1. The van der Waals surface area contributed by atoms with Crippen LogP contribution in [0.1, 0.15) is 24.0 Å². The van der Waals surface area contributed by atoms with E-state index in [1.807, 2.05) is 48.5 Å². The van der Waals surface area contributed by atoms with Crippen LogP contribution < -0.4 is 20.1 Å². The van der Waals surface area contributed by atoms with Crippen LogP contribution in [0.3, 0.4) is 0 Å². The fourth-order valence-corrected chi connectivity index (χ4v) is 2.76. The van der Waals surface area contributed by atoms with Crippen molar-refractivity contribution in [3.8, 4) is 11.5 Å². The number of methoxy groups -OCH3 is 1. The average Bonchev–Trinajstić information content (AvgIpc) is 3.56. The zero-order valence-electron chi connectivity index (χ0n) is 16.5. The van der Waals surface area contributed by atoms with E-state index in [0.717, 1.165) is 29.7 Å². The molecule has 29 heavy (non-hydrogen) atoms. The van der Waals surface area contributed by atoms with Crippen molar-refractivity contribution in [3.05, 3.63) is 65.7 Å². The van der Waals surface area contributed by atoms with Crippen molar-refractivity contribution in [3.63, 3.8) is 0 Å². The lowest BCUT2D eigenvalue weighted by molar-refractivity contribution is -0.123. The van der Waals surface area contributed by atoms with Crippen LogP contribution in [0.15, 0.2) is 54.6 Å². The van der Waals surface area contributed by atoms with Crippen molar-refractivity contribution in [1.29, 1.82) is 0 Å². The number of para-hydroxylation sites is 1. The summed E-state index contributed by atoms with van der Waals surface area (Å²) in [5, 5.41) is 5.75. The summed E-state index contributed by atoms with van der Waals surface area (Å²) < 4.78 is 10.7. The minimum absolute atomic E-state index is 0.0322. The zero-order valence-corrected chi connectivity index (χ0v) is 16.5. The molecule has 6 nitrogen and oxygen atoms in total. The number of hydrogen-bond donors (Lipinski definition) is 2. The van der Waals surface area contributed by atoms with Crippen LogP contribution in [0.2, 0.25) is 0 Å². The van der Waals surface area contributed by atoms with Crippen molar-refractivity contribution in [2.75, 3.05) is 20.3 Å². The van der Waals surface area contributed by atoms with E-state index < -0.39 is 0 Å². The molecular weight excluding hydrogens is 368 g/mol. The fraction of sp³-hybridized carbons (Fsp3) is 0.304. The molecule has 1 aliphatic carbocycles. The second kappa shape index (κ2) is 10.3. The number of benzene rings is 2. The van der Waals surface area contributed by atoms with E-state index in [-0.39, 0.29) is 18.4 Å². The smallest absolute Gasteiger partial charge is 0.258 e. The maximum atomic E-state index is 12.0. The van der Waals surface area contributed by atoms with Crippen molar-refractivity contribution >= 4 is 17.9 Å². The third-order valence-electron chi connectivity index (χ3n) is 4.50. The minimum Gasteiger partial charge on any atom is -0.496 e. The van der Waals surface area contributed by atoms with Gasteiger partial charge < -0.3 is 20.1 Å². The quantitative estimate of drug-likeness (QED) is 0.608. The van der Waals surface area contributed by atoms with E-state index >= 15 is 0 Å². The van der Waals surface area contributed by atoms with E-state index in [1.54, 1.807) is 13.2 Å². The summed E-state index contributed by atoms with van der Waals surface area (Å²) in [7, 11) is 1.60. The third-order valence-corrected chi connectivity index (χ3v) is 4.50. The van der Waals surface area contributed by atoms with E-state index in [0.29, 0.717) is 24.8 Å². The Labute approximate surface area is 170 Å². The van der Waals surface area contributed by atoms with E-state index in [2.05, 4.69) is 10.6 Å². The normalized spacial score (nSPS) is 13.1. The third kappa shape index (κ3) is 6.99. The first kappa shape index (κ1) is 20.5. The second-order valence-electron chi connectivity index (χ2n) is 6.89. The highest BCUT2D eigenvalue weighted by Gasteiger charge is 2.23. The molecule has 0 aliphatic heterocycles. The predicted molar refractivity (Wildman–Crippen MR) is 112 cm³/mol. The van der Waals surface area contributed by atoms with Gasteiger partial charge in [-0.3, -0.25) is 9.59 Å². The minimum atomic E-state index is -0.155. The van der Waals surface area contributed by atoms with Crippen LogP contribution >= 0.6 is 0 Å². The van der Waals surface area contributed by atoms with Gasteiger partial charge in [-0.15, -0.1) is 0 Å². The largest absolute Gasteiger partial charge is 0.496 e. The molecule has 152 valence electrons. The van der Waals surface area contributed by atoms with E-state index in [9.17, 15) is 9.59 Å². The Morgan fingerprint density at radius 3 is 2.59 bits per heavy atom. The van der Waals surface area contributed by atoms with Crippen molar-refractivity contribution in [2.24, 2.45) is 0 Å². The highest BCUT2D eigenvalue weighted by molar-refractivity contribution is 5.92. The molecule has 0 unspecified atom stereocenters. The lowest BCUT2D eigenvalue weighted by Gasteiger charge is -2.08. The average molecular weight is 394 g/mol. The zero-order chi connectivity index (χ0) is 20.5. The molecule has 0 spiro atoms. The highest BCUT2D eigenvalue weighted by atomic mass is 16.5. The summed E-state index contributed by atoms with van der Waals surface area (Å²) in [5.41, 5.74) is 1.93. The number of carbonyl (C=O) groups is 2. The van der Waals surface area contributed by atoms with Crippen LogP contribution in [0.25, 0.3) is 6.08 Å². The van der Waals surface area contributed by atoms with Gasteiger partial charge in [-0.1, -0.05) is 30.3 Å². The van der Waals surface area contributed by atoms with Crippen LogP contribution in [0.5, 0.6) is 11.5 Å². The van der Waals surface area contributed by atoms with E-state index in [4.69, 9.17) is 9.47 Å². The van der Waals surface area contributed by atoms with Gasteiger partial charge in [-0.2, -0.15) is 0 Å². The molecular formula is C23H26N2O4. The van der Waals surface area contributed by atoms with Crippen molar-refractivity contribution < 1.29 is 19.1 Å². The molecule has 0 heterocycles. The summed E-state index contributed by atoms with van der Waals surface area (Å²) >= 11 is 0. The molecule has 0 bridgehead atoms. The highest BCUT2D eigenvalue weighted by Crippen LogP contribution is 2.19. The second-order valence-corrected chi connectivity index (χ2v) is 6.89. The number of hydrogen-bond acceptors (Lipinski definition) is 4. The Morgan fingerprint density at radius 2 is 1.86 bits per heavy atom. The molecule has 0 atom stereocenters. The fourth-order valence-electron chi connectivity index (χ4n) is 2.76. The molecule has 1 fully saturated rings. The standard InChI is InChI=1S/C23H26N2O4/c1-28-21-5-3-2-4-18(21)8-13-22(26)24-15-14-17-6-11-20(12-7-17)29-16-23(27)25-19-9-10-19/h2-8,11-13,19H,9-10,14-16H2,1H3,(H,24,26)(H,25,27)/b13-8+. The Hall–Kier alpha value is -3.28. The Bertz CT molecular complexity index is 857. The van der Waals surface area contributed by atoms with Gasteiger partial charge in [-0.25, -0.2) is 0 Å². The Kier molecular flexibility index (Phi) is 7.28. The molecule has 0 saturated heterocycles. The molecule has 3 rings (SSSR count). The number of amides is 2. The van der Waals surface area contributed by atoms with Gasteiger partial charge in [-0.05, 0) is 49.1 Å². The Morgan fingerprint density at radius 1 is 1.10 bits per heavy atom. The first-order chi connectivity index (χ1) is 14.1. The van der Waals surface area contributed by atoms with Crippen molar-refractivity contribution in [2.45, 2.75) is 25.3 Å². The van der Waals surface area contributed by atoms with Crippen molar-refractivity contribution in [1.82, 2.24) is 10.6 Å². The van der Waals surface area contributed by atoms with Crippen LogP contribution in [-0.2, 0) is 16.0 Å². The predicted octanol–water partition coefficient (Wildman–Crippen LogP) is 2.72. The van der Waals surface area contributed by atoms with Gasteiger partial charge in [0.2, 0.25) is 5.91 Å². The number of carbonyl (C=O) groups excluding carboxylic acids is 2. The van der Waals surface area contributed by atoms with Crippen LogP contribution in [0.4, 0.5) is 0 Å². The lowest BCUT2D eigenvalue weighted by atomic mass is 10.1. The molecule has 6 heteroatoms. The molecule has 0 radical (unpaired) electrons. The summed E-state index contributed by atoms with van der Waals surface area (Å²) in [6, 6.07) is 15.4. The maximum absolute atomic E-state index is 12.0. The van der Waals surface area contributed by atoms with Gasteiger partial charge >= 0.3 is 0 Å². The molecule has 2 N–H and O–H groups in total. The molecule has 2 amide bonds. The Balaban J connectivity index is 1.37. The molecule has 2 aromatic carbocycles. The molecule has 0 aromatic heterocycles. The number of nitrogens with one attached hydrogen (secondary N) is 2. The molecule has 2 aromatic rings. The molecule has 1 saturated carbocycles. The first-order valence-electron chi connectivity index (χ1n) is 9.74. The van der Waals surface area contributed by atoms with Gasteiger partial charge in [0.05, 0.1) is 7.11 Å².